The maximum absolute atomic E-state index is 11.6. The number of ether oxygens (including phenoxy) is 1. The molecular formula is C10H19N3O3. The SMILES string of the molecule is COC(=O)[C@H](C)NC(=O)CN1CCNCC1. The van der Waals surface area contributed by atoms with Gasteiger partial charge in [0, 0.05) is 26.2 Å². The van der Waals surface area contributed by atoms with Gasteiger partial charge in [0.1, 0.15) is 6.04 Å². The van der Waals surface area contributed by atoms with Crippen molar-refractivity contribution >= 4 is 11.9 Å². The number of rotatable bonds is 4. The number of hydrogen-bond donors (Lipinski definition) is 2. The van der Waals surface area contributed by atoms with Crippen LogP contribution in [0.3, 0.4) is 0 Å². The summed E-state index contributed by atoms with van der Waals surface area (Å²) in [5.74, 6) is -0.562. The predicted molar refractivity (Wildman–Crippen MR) is 58.9 cm³/mol. The van der Waals surface area contributed by atoms with Crippen molar-refractivity contribution in [3.63, 3.8) is 0 Å². The van der Waals surface area contributed by atoms with Gasteiger partial charge in [-0.15, -0.1) is 0 Å². The van der Waals surface area contributed by atoms with E-state index in [1.165, 1.54) is 7.11 Å². The number of hydrogen-bond acceptors (Lipinski definition) is 5. The number of esters is 1. The molecule has 1 amide bonds. The lowest BCUT2D eigenvalue weighted by Crippen LogP contribution is -2.49. The fourth-order valence-electron chi connectivity index (χ4n) is 1.60. The number of piperazine rings is 1. The van der Waals surface area contributed by atoms with Crippen molar-refractivity contribution in [2.75, 3.05) is 39.8 Å². The zero-order valence-corrected chi connectivity index (χ0v) is 9.78. The highest BCUT2D eigenvalue weighted by Crippen LogP contribution is 1.92. The van der Waals surface area contributed by atoms with Crippen LogP contribution >= 0.6 is 0 Å². The standard InChI is InChI=1S/C10H19N3O3/c1-8(10(15)16-2)12-9(14)7-13-5-3-11-4-6-13/h8,11H,3-7H2,1-2H3,(H,12,14)/t8-/m0/s1. The number of amides is 1. The molecule has 0 spiro atoms. The molecule has 0 aromatic rings. The molecule has 0 aromatic heterocycles. The molecule has 0 unspecified atom stereocenters. The van der Waals surface area contributed by atoms with E-state index in [2.05, 4.69) is 20.3 Å². The second kappa shape index (κ2) is 6.44. The van der Waals surface area contributed by atoms with Gasteiger partial charge in [-0.05, 0) is 6.92 Å². The van der Waals surface area contributed by atoms with Crippen molar-refractivity contribution in [1.29, 1.82) is 0 Å². The Labute approximate surface area is 95.3 Å². The first-order valence-electron chi connectivity index (χ1n) is 5.43. The van der Waals surface area contributed by atoms with Crippen LogP contribution in [-0.4, -0.2) is 62.7 Å². The molecule has 0 aromatic carbocycles. The van der Waals surface area contributed by atoms with Gasteiger partial charge in [0.05, 0.1) is 13.7 Å². The third kappa shape index (κ3) is 4.16. The van der Waals surface area contributed by atoms with Gasteiger partial charge < -0.3 is 15.4 Å². The summed E-state index contributed by atoms with van der Waals surface area (Å²) >= 11 is 0. The Morgan fingerprint density at radius 2 is 2.06 bits per heavy atom. The van der Waals surface area contributed by atoms with Gasteiger partial charge >= 0.3 is 5.97 Å². The summed E-state index contributed by atoms with van der Waals surface area (Å²) in [4.78, 5) is 24.7. The molecule has 2 N–H and O–H groups in total. The van der Waals surface area contributed by atoms with Gasteiger partial charge in [0.2, 0.25) is 5.91 Å². The summed E-state index contributed by atoms with van der Waals surface area (Å²) in [5, 5.41) is 5.81. The highest BCUT2D eigenvalue weighted by Gasteiger charge is 2.18. The Bertz CT molecular complexity index is 252. The Morgan fingerprint density at radius 1 is 1.44 bits per heavy atom. The lowest BCUT2D eigenvalue weighted by Gasteiger charge is -2.26. The normalized spacial score (nSPS) is 18.9. The van der Waals surface area contributed by atoms with E-state index in [0.29, 0.717) is 6.54 Å². The lowest BCUT2D eigenvalue weighted by molar-refractivity contribution is -0.144. The molecule has 16 heavy (non-hydrogen) atoms. The van der Waals surface area contributed by atoms with Crippen LogP contribution < -0.4 is 10.6 Å². The van der Waals surface area contributed by atoms with E-state index >= 15 is 0 Å². The van der Waals surface area contributed by atoms with E-state index in [1.54, 1.807) is 6.92 Å². The monoisotopic (exact) mass is 229 g/mol. The molecule has 1 saturated heterocycles. The summed E-state index contributed by atoms with van der Waals surface area (Å²) < 4.78 is 4.53. The maximum atomic E-state index is 11.6. The molecule has 1 rings (SSSR count). The van der Waals surface area contributed by atoms with Gasteiger partial charge in [-0.1, -0.05) is 0 Å². The van der Waals surface area contributed by atoms with E-state index in [9.17, 15) is 9.59 Å². The lowest BCUT2D eigenvalue weighted by atomic mass is 10.3. The van der Waals surface area contributed by atoms with Crippen LogP contribution in [0, 0.1) is 0 Å². The molecule has 1 fully saturated rings. The van der Waals surface area contributed by atoms with E-state index in [0.717, 1.165) is 26.2 Å². The number of carbonyl (C=O) groups excluding carboxylic acids is 2. The average Bonchev–Trinajstić information content (AvgIpc) is 2.29. The van der Waals surface area contributed by atoms with Gasteiger partial charge in [0.25, 0.3) is 0 Å². The zero-order valence-electron chi connectivity index (χ0n) is 9.78. The molecule has 0 radical (unpaired) electrons. The van der Waals surface area contributed by atoms with Crippen molar-refractivity contribution in [2.45, 2.75) is 13.0 Å². The third-order valence-corrected chi connectivity index (χ3v) is 2.51. The first-order valence-corrected chi connectivity index (χ1v) is 5.43. The predicted octanol–water partition coefficient (Wildman–Crippen LogP) is -1.43. The largest absolute Gasteiger partial charge is 0.467 e. The van der Waals surface area contributed by atoms with Gasteiger partial charge in [-0.2, -0.15) is 0 Å². The van der Waals surface area contributed by atoms with Crippen molar-refractivity contribution in [1.82, 2.24) is 15.5 Å². The van der Waals surface area contributed by atoms with Crippen LogP contribution in [-0.2, 0) is 14.3 Å². The van der Waals surface area contributed by atoms with Crippen LogP contribution in [0.5, 0.6) is 0 Å². The highest BCUT2D eigenvalue weighted by atomic mass is 16.5. The average molecular weight is 229 g/mol. The summed E-state index contributed by atoms with van der Waals surface area (Å²) in [6.45, 7) is 5.48. The molecule has 1 aliphatic heterocycles. The second-order valence-corrected chi connectivity index (χ2v) is 3.84. The number of nitrogens with one attached hydrogen (secondary N) is 2. The minimum Gasteiger partial charge on any atom is -0.467 e. The van der Waals surface area contributed by atoms with Crippen LogP contribution in [0.15, 0.2) is 0 Å². The number of nitrogens with zero attached hydrogens (tertiary/aromatic N) is 1. The molecule has 0 aliphatic carbocycles. The highest BCUT2D eigenvalue weighted by molar-refractivity contribution is 5.85. The fraction of sp³-hybridized carbons (Fsp3) is 0.800. The number of carbonyl (C=O) groups is 2. The Morgan fingerprint density at radius 3 is 2.62 bits per heavy atom. The maximum Gasteiger partial charge on any atom is 0.328 e. The van der Waals surface area contributed by atoms with Gasteiger partial charge in [-0.25, -0.2) is 4.79 Å². The van der Waals surface area contributed by atoms with Gasteiger partial charge in [0.15, 0.2) is 0 Å². The minimum absolute atomic E-state index is 0.139. The van der Waals surface area contributed by atoms with E-state index in [-0.39, 0.29) is 5.91 Å². The first-order chi connectivity index (χ1) is 7.63. The van der Waals surface area contributed by atoms with Gasteiger partial charge in [-0.3, -0.25) is 9.69 Å². The molecule has 0 saturated carbocycles. The summed E-state index contributed by atoms with van der Waals surface area (Å²) in [6.07, 6.45) is 0. The quantitative estimate of drug-likeness (QED) is 0.578. The molecule has 0 bridgehead atoms. The Balaban J connectivity index is 2.26. The summed E-state index contributed by atoms with van der Waals surface area (Å²) in [7, 11) is 1.31. The van der Waals surface area contributed by atoms with Crippen LogP contribution in [0.2, 0.25) is 0 Å². The Kier molecular flexibility index (Phi) is 5.21. The smallest absolute Gasteiger partial charge is 0.328 e. The van der Waals surface area contributed by atoms with Crippen LogP contribution in [0.4, 0.5) is 0 Å². The van der Waals surface area contributed by atoms with E-state index in [1.807, 2.05) is 0 Å². The molecule has 1 heterocycles. The van der Waals surface area contributed by atoms with Crippen molar-refractivity contribution in [3.05, 3.63) is 0 Å². The van der Waals surface area contributed by atoms with Crippen LogP contribution in [0.1, 0.15) is 6.92 Å². The third-order valence-electron chi connectivity index (χ3n) is 2.51. The van der Waals surface area contributed by atoms with Crippen LogP contribution in [0.25, 0.3) is 0 Å². The molecular weight excluding hydrogens is 210 g/mol. The second-order valence-electron chi connectivity index (χ2n) is 3.84. The Hall–Kier alpha value is -1.14. The topological polar surface area (TPSA) is 70.7 Å². The van der Waals surface area contributed by atoms with Crippen molar-refractivity contribution in [2.24, 2.45) is 0 Å². The van der Waals surface area contributed by atoms with Crippen molar-refractivity contribution in [3.8, 4) is 0 Å². The molecule has 92 valence electrons. The molecule has 1 atom stereocenters. The minimum atomic E-state index is -0.583. The molecule has 6 heteroatoms. The molecule has 1 aliphatic rings. The van der Waals surface area contributed by atoms with Crippen molar-refractivity contribution < 1.29 is 14.3 Å². The summed E-state index contributed by atoms with van der Waals surface area (Å²) in [6, 6.07) is -0.583. The number of methoxy groups -OCH3 is 1. The fourth-order valence-corrected chi connectivity index (χ4v) is 1.60. The van der Waals surface area contributed by atoms with E-state index in [4.69, 9.17) is 0 Å². The molecule has 6 nitrogen and oxygen atoms in total. The zero-order chi connectivity index (χ0) is 12.0. The summed E-state index contributed by atoms with van der Waals surface area (Å²) in [5.41, 5.74) is 0. The first kappa shape index (κ1) is 12.9. The van der Waals surface area contributed by atoms with E-state index < -0.39 is 12.0 Å².